The van der Waals surface area contributed by atoms with Crippen molar-refractivity contribution in [2.24, 2.45) is 0 Å². The zero-order valence-corrected chi connectivity index (χ0v) is 14.2. The van der Waals surface area contributed by atoms with Gasteiger partial charge in [-0.05, 0) is 51.1 Å². The quantitative estimate of drug-likeness (QED) is 0.856. The molecule has 21 heavy (non-hydrogen) atoms. The molecule has 0 amide bonds. The van der Waals surface area contributed by atoms with Gasteiger partial charge in [-0.25, -0.2) is 8.42 Å². The van der Waals surface area contributed by atoms with E-state index in [2.05, 4.69) is 4.90 Å². The summed E-state index contributed by atoms with van der Waals surface area (Å²) in [5.74, 6) is 0. The van der Waals surface area contributed by atoms with Crippen molar-refractivity contribution in [3.63, 3.8) is 0 Å². The predicted octanol–water partition coefficient (Wildman–Crippen LogP) is 1.95. The van der Waals surface area contributed by atoms with E-state index in [1.165, 1.54) is 16.4 Å². The van der Waals surface area contributed by atoms with E-state index in [1.807, 2.05) is 7.05 Å². The van der Waals surface area contributed by atoms with Crippen molar-refractivity contribution in [2.45, 2.75) is 30.7 Å². The highest BCUT2D eigenvalue weighted by atomic mass is 35.5. The molecular formula is C14H22ClN3O2S. The Morgan fingerprint density at radius 3 is 2.67 bits per heavy atom. The number of anilines is 1. The van der Waals surface area contributed by atoms with E-state index in [0.717, 1.165) is 19.4 Å². The van der Waals surface area contributed by atoms with E-state index >= 15 is 0 Å². The van der Waals surface area contributed by atoms with Crippen LogP contribution in [0.1, 0.15) is 18.4 Å². The summed E-state index contributed by atoms with van der Waals surface area (Å²) >= 11 is 6.05. The topological polar surface area (TPSA) is 66.6 Å². The minimum atomic E-state index is -3.57. The van der Waals surface area contributed by atoms with E-state index in [0.29, 0.717) is 22.8 Å². The molecule has 1 aromatic carbocycles. The molecule has 1 heterocycles. The van der Waals surface area contributed by atoms with E-state index in [4.69, 9.17) is 17.3 Å². The second kappa shape index (κ2) is 6.12. The van der Waals surface area contributed by atoms with Gasteiger partial charge < -0.3 is 10.6 Å². The van der Waals surface area contributed by atoms with Crippen molar-refractivity contribution in [1.29, 1.82) is 0 Å². The number of nitrogen functional groups attached to an aromatic ring is 1. The molecule has 2 rings (SSSR count). The van der Waals surface area contributed by atoms with Crippen LogP contribution in [0.5, 0.6) is 0 Å². The summed E-state index contributed by atoms with van der Waals surface area (Å²) in [4.78, 5) is 2.35. The van der Waals surface area contributed by atoms with E-state index in [1.54, 1.807) is 14.0 Å². The Bertz CT molecular complexity index is 610. The third kappa shape index (κ3) is 3.34. The molecule has 5 nitrogen and oxygen atoms in total. The van der Waals surface area contributed by atoms with Crippen LogP contribution in [0.15, 0.2) is 17.0 Å². The third-order valence-corrected chi connectivity index (χ3v) is 6.40. The SMILES string of the molecule is Cc1c(N)cc(S(=O)(=O)N(C)CC2CCCN2C)cc1Cl. The number of sulfonamides is 1. The zero-order chi connectivity index (χ0) is 15.8. The lowest BCUT2D eigenvalue weighted by Crippen LogP contribution is -2.39. The first-order valence-electron chi connectivity index (χ1n) is 6.95. The minimum absolute atomic E-state index is 0.152. The average molecular weight is 332 g/mol. The highest BCUT2D eigenvalue weighted by molar-refractivity contribution is 7.89. The van der Waals surface area contributed by atoms with Crippen LogP contribution in [0.2, 0.25) is 5.02 Å². The molecule has 0 bridgehead atoms. The van der Waals surface area contributed by atoms with Crippen LogP contribution >= 0.6 is 11.6 Å². The van der Waals surface area contributed by atoms with E-state index in [-0.39, 0.29) is 10.9 Å². The third-order valence-electron chi connectivity index (χ3n) is 4.21. The molecule has 0 saturated carbocycles. The Balaban J connectivity index is 2.25. The number of rotatable bonds is 4. The fourth-order valence-corrected chi connectivity index (χ4v) is 4.17. The molecule has 1 saturated heterocycles. The number of likely N-dealkylation sites (tertiary alicyclic amines) is 1. The van der Waals surface area contributed by atoms with Gasteiger partial charge in [-0.1, -0.05) is 11.6 Å². The highest BCUT2D eigenvalue weighted by Gasteiger charge is 2.28. The zero-order valence-electron chi connectivity index (χ0n) is 12.6. The number of halogens is 1. The maximum Gasteiger partial charge on any atom is 0.242 e. The summed E-state index contributed by atoms with van der Waals surface area (Å²) in [6, 6.07) is 3.21. The van der Waals surface area contributed by atoms with Crippen LogP contribution in [-0.4, -0.2) is 50.8 Å². The lowest BCUT2D eigenvalue weighted by atomic mass is 10.2. The summed E-state index contributed by atoms with van der Waals surface area (Å²) in [6.45, 7) is 3.26. The summed E-state index contributed by atoms with van der Waals surface area (Å²) in [6.07, 6.45) is 2.13. The van der Waals surface area contributed by atoms with Gasteiger partial charge in [0.25, 0.3) is 0 Å². The number of nitrogens with two attached hydrogens (primary N) is 1. The molecule has 0 aliphatic carbocycles. The fraction of sp³-hybridized carbons (Fsp3) is 0.571. The van der Waals surface area contributed by atoms with Crippen molar-refractivity contribution in [1.82, 2.24) is 9.21 Å². The summed E-state index contributed by atoms with van der Waals surface area (Å²) in [7, 11) is 0.0598. The van der Waals surface area contributed by atoms with Gasteiger partial charge in [0.05, 0.1) is 4.90 Å². The Labute approximate surface area is 131 Å². The Kier molecular flexibility index (Phi) is 4.82. The lowest BCUT2D eigenvalue weighted by Gasteiger charge is -2.25. The van der Waals surface area contributed by atoms with Gasteiger partial charge in [0.1, 0.15) is 0 Å². The van der Waals surface area contributed by atoms with Crippen LogP contribution < -0.4 is 5.73 Å². The van der Waals surface area contributed by atoms with Crippen LogP contribution in [0.25, 0.3) is 0 Å². The van der Waals surface area contributed by atoms with Gasteiger partial charge in [-0.3, -0.25) is 0 Å². The first-order valence-corrected chi connectivity index (χ1v) is 8.77. The average Bonchev–Trinajstić information content (AvgIpc) is 2.80. The van der Waals surface area contributed by atoms with Gasteiger partial charge in [-0.15, -0.1) is 0 Å². The number of nitrogens with zero attached hydrogens (tertiary/aromatic N) is 2. The van der Waals surface area contributed by atoms with Crippen LogP contribution in [0.4, 0.5) is 5.69 Å². The molecule has 1 unspecified atom stereocenters. The number of hydrogen-bond acceptors (Lipinski definition) is 4. The van der Waals surface area contributed by atoms with Crippen LogP contribution in [0.3, 0.4) is 0 Å². The van der Waals surface area contributed by atoms with Gasteiger partial charge >= 0.3 is 0 Å². The first kappa shape index (κ1) is 16.5. The Hall–Kier alpha value is -0.820. The standard InChI is InChI=1S/C14H22ClN3O2S/c1-10-13(15)7-12(8-14(10)16)21(19,20)18(3)9-11-5-4-6-17(11)2/h7-8,11H,4-6,9,16H2,1-3H3. The first-order chi connectivity index (χ1) is 9.73. The van der Waals surface area contributed by atoms with Gasteiger partial charge in [0.15, 0.2) is 0 Å². The fourth-order valence-electron chi connectivity index (χ4n) is 2.61. The van der Waals surface area contributed by atoms with Crippen LogP contribution in [0, 0.1) is 6.92 Å². The molecule has 0 spiro atoms. The summed E-state index contributed by atoms with van der Waals surface area (Å²) in [5.41, 5.74) is 6.93. The minimum Gasteiger partial charge on any atom is -0.398 e. The second-order valence-electron chi connectivity index (χ2n) is 5.68. The number of benzene rings is 1. The molecule has 1 fully saturated rings. The monoisotopic (exact) mass is 331 g/mol. The molecule has 2 N–H and O–H groups in total. The molecule has 0 radical (unpaired) electrons. The van der Waals surface area contributed by atoms with Gasteiger partial charge in [-0.2, -0.15) is 4.31 Å². The largest absolute Gasteiger partial charge is 0.398 e. The number of likely N-dealkylation sites (N-methyl/N-ethyl adjacent to an activating group) is 2. The molecule has 1 aromatic rings. The highest BCUT2D eigenvalue weighted by Crippen LogP contribution is 2.28. The molecular weight excluding hydrogens is 310 g/mol. The Morgan fingerprint density at radius 2 is 2.14 bits per heavy atom. The van der Waals surface area contributed by atoms with Crippen molar-refractivity contribution in [3.05, 3.63) is 22.7 Å². The van der Waals surface area contributed by atoms with E-state index < -0.39 is 10.0 Å². The molecule has 1 aliphatic rings. The normalized spacial score (nSPS) is 20.3. The maximum absolute atomic E-state index is 12.6. The van der Waals surface area contributed by atoms with Crippen molar-refractivity contribution in [3.8, 4) is 0 Å². The molecule has 1 atom stereocenters. The molecule has 1 aliphatic heterocycles. The number of hydrogen-bond donors (Lipinski definition) is 1. The summed E-state index contributed by atoms with van der Waals surface area (Å²) < 4.78 is 26.7. The van der Waals surface area contributed by atoms with Gasteiger partial charge in [0, 0.05) is 30.3 Å². The Morgan fingerprint density at radius 1 is 1.48 bits per heavy atom. The van der Waals surface area contributed by atoms with Gasteiger partial charge in [0.2, 0.25) is 10.0 Å². The summed E-state index contributed by atoms with van der Waals surface area (Å²) in [5, 5.41) is 0.375. The molecule has 118 valence electrons. The second-order valence-corrected chi connectivity index (χ2v) is 8.13. The lowest BCUT2D eigenvalue weighted by molar-refractivity contribution is 0.271. The smallest absolute Gasteiger partial charge is 0.242 e. The van der Waals surface area contributed by atoms with Crippen molar-refractivity contribution < 1.29 is 8.42 Å². The van der Waals surface area contributed by atoms with E-state index in [9.17, 15) is 8.42 Å². The molecule has 0 aromatic heterocycles. The predicted molar refractivity (Wildman–Crippen MR) is 86.1 cm³/mol. The van der Waals surface area contributed by atoms with Crippen molar-refractivity contribution >= 4 is 27.3 Å². The van der Waals surface area contributed by atoms with Crippen molar-refractivity contribution in [2.75, 3.05) is 32.9 Å². The maximum atomic E-state index is 12.6. The van der Waals surface area contributed by atoms with Crippen LogP contribution in [-0.2, 0) is 10.0 Å². The molecule has 7 heteroatoms.